The molecule has 1 aromatic carbocycles. The molecule has 0 aliphatic carbocycles. The number of nitrogens with one attached hydrogen (secondary N) is 1. The van der Waals surface area contributed by atoms with Gasteiger partial charge in [-0.05, 0) is 43.0 Å². The summed E-state index contributed by atoms with van der Waals surface area (Å²) in [6.07, 6.45) is -3.45. The molecule has 2 atom stereocenters. The number of halogens is 3. The number of alkyl halides is 3. The lowest BCUT2D eigenvalue weighted by Gasteiger charge is -2.45. The van der Waals surface area contributed by atoms with Crippen molar-refractivity contribution in [1.29, 1.82) is 0 Å². The zero-order valence-electron chi connectivity index (χ0n) is 11.7. The summed E-state index contributed by atoms with van der Waals surface area (Å²) in [6.45, 7) is 2.67. The lowest BCUT2D eigenvalue weighted by atomic mass is 9.76. The van der Waals surface area contributed by atoms with E-state index in [1.807, 2.05) is 0 Å². The summed E-state index contributed by atoms with van der Waals surface area (Å²) in [5, 5.41) is 14.3. The lowest BCUT2D eigenvalue weighted by Crippen LogP contribution is -2.58. The van der Waals surface area contributed by atoms with Gasteiger partial charge in [0.15, 0.2) is 0 Å². The molecular weight excluding hydrogens is 283 g/mol. The van der Waals surface area contributed by atoms with Crippen LogP contribution in [0.1, 0.15) is 29.5 Å². The zero-order chi connectivity index (χ0) is 15.3. The monoisotopic (exact) mass is 301 g/mol. The summed E-state index contributed by atoms with van der Waals surface area (Å²) in [5.41, 5.74) is -0.689. The molecule has 2 heterocycles. The molecule has 1 aromatic rings. The number of aryl methyl sites for hydroxylation is 1. The second kappa shape index (κ2) is 4.97. The maximum atomic E-state index is 12.7. The number of morpholine rings is 1. The van der Waals surface area contributed by atoms with Crippen LogP contribution in [0.25, 0.3) is 0 Å². The van der Waals surface area contributed by atoms with E-state index in [2.05, 4.69) is 5.32 Å². The number of hydrogen-bond acceptors (Lipinski definition) is 3. The first kappa shape index (κ1) is 14.8. The van der Waals surface area contributed by atoms with Gasteiger partial charge in [-0.3, -0.25) is 0 Å². The molecule has 2 aliphatic heterocycles. The van der Waals surface area contributed by atoms with Gasteiger partial charge in [-0.1, -0.05) is 6.07 Å². The highest BCUT2D eigenvalue weighted by molar-refractivity contribution is 5.37. The third-order valence-electron chi connectivity index (χ3n) is 4.33. The van der Waals surface area contributed by atoms with Crippen molar-refractivity contribution < 1.29 is 23.0 Å². The largest absolute Gasteiger partial charge is 0.416 e. The summed E-state index contributed by atoms with van der Waals surface area (Å²) >= 11 is 0. The lowest BCUT2D eigenvalue weighted by molar-refractivity contribution is -0.137. The van der Waals surface area contributed by atoms with Gasteiger partial charge >= 0.3 is 6.18 Å². The number of hydrogen-bond donors (Lipinski definition) is 2. The van der Waals surface area contributed by atoms with E-state index in [1.54, 1.807) is 6.92 Å². The van der Waals surface area contributed by atoms with Crippen molar-refractivity contribution in [2.24, 2.45) is 0 Å². The first-order valence-corrected chi connectivity index (χ1v) is 7.02. The Morgan fingerprint density at radius 2 is 1.86 bits per heavy atom. The van der Waals surface area contributed by atoms with Crippen LogP contribution in [-0.4, -0.2) is 30.4 Å². The minimum absolute atomic E-state index is 0.0455. The number of benzene rings is 1. The zero-order valence-corrected chi connectivity index (χ0v) is 11.7. The van der Waals surface area contributed by atoms with Gasteiger partial charge in [0.2, 0.25) is 0 Å². The molecule has 0 saturated carbocycles. The molecule has 0 amide bonds. The van der Waals surface area contributed by atoms with Crippen LogP contribution in [0.2, 0.25) is 0 Å². The smallest absolute Gasteiger partial charge is 0.385 e. The summed E-state index contributed by atoms with van der Waals surface area (Å²) in [5.74, 6) is 0. The first-order chi connectivity index (χ1) is 9.78. The number of ether oxygens (including phenoxy) is 1. The van der Waals surface area contributed by atoms with Gasteiger partial charge in [0.25, 0.3) is 0 Å². The van der Waals surface area contributed by atoms with E-state index >= 15 is 0 Å². The molecule has 0 radical (unpaired) electrons. The van der Waals surface area contributed by atoms with Crippen LogP contribution < -0.4 is 5.32 Å². The average Bonchev–Trinajstić information content (AvgIpc) is 2.36. The van der Waals surface area contributed by atoms with Crippen LogP contribution in [0.5, 0.6) is 0 Å². The fraction of sp³-hybridized carbons (Fsp3) is 0.600. The molecule has 21 heavy (non-hydrogen) atoms. The maximum Gasteiger partial charge on any atom is 0.416 e. The van der Waals surface area contributed by atoms with E-state index in [0.717, 1.165) is 12.1 Å². The molecule has 6 heteroatoms. The van der Waals surface area contributed by atoms with Crippen molar-refractivity contribution in [3.05, 3.63) is 34.9 Å². The average molecular weight is 301 g/mol. The van der Waals surface area contributed by atoms with E-state index in [-0.39, 0.29) is 12.1 Å². The fourth-order valence-electron chi connectivity index (χ4n) is 3.50. The van der Waals surface area contributed by atoms with Crippen LogP contribution in [0.15, 0.2) is 18.2 Å². The van der Waals surface area contributed by atoms with E-state index in [1.165, 1.54) is 6.07 Å². The minimum atomic E-state index is -4.36. The highest BCUT2D eigenvalue weighted by Gasteiger charge is 2.43. The van der Waals surface area contributed by atoms with Crippen LogP contribution in [0.3, 0.4) is 0 Å². The maximum absolute atomic E-state index is 12.7. The van der Waals surface area contributed by atoms with Gasteiger partial charge in [-0.25, -0.2) is 0 Å². The Bertz CT molecular complexity index is 532. The number of aliphatic hydroxyl groups is 1. The van der Waals surface area contributed by atoms with Crippen LogP contribution >= 0.6 is 0 Å². The highest BCUT2D eigenvalue weighted by atomic mass is 19.4. The van der Waals surface area contributed by atoms with E-state index in [4.69, 9.17) is 4.74 Å². The Hall–Kier alpha value is -1.11. The van der Waals surface area contributed by atoms with Crippen molar-refractivity contribution >= 4 is 0 Å². The molecule has 0 spiro atoms. The Morgan fingerprint density at radius 3 is 2.38 bits per heavy atom. The Kier molecular flexibility index (Phi) is 3.50. The normalized spacial score (nSPS) is 33.0. The second-order valence-electron chi connectivity index (χ2n) is 6.07. The molecule has 2 saturated heterocycles. The van der Waals surface area contributed by atoms with E-state index < -0.39 is 17.3 Å². The predicted molar refractivity (Wildman–Crippen MR) is 70.8 cm³/mol. The van der Waals surface area contributed by atoms with E-state index in [0.29, 0.717) is 37.2 Å². The molecule has 3 rings (SSSR count). The van der Waals surface area contributed by atoms with Crippen LogP contribution in [0.4, 0.5) is 13.2 Å². The van der Waals surface area contributed by atoms with Crippen LogP contribution in [-0.2, 0) is 16.5 Å². The molecule has 3 nitrogen and oxygen atoms in total. The summed E-state index contributed by atoms with van der Waals surface area (Å²) in [4.78, 5) is 0. The van der Waals surface area contributed by atoms with Gasteiger partial charge in [-0.2, -0.15) is 13.2 Å². The number of piperidine rings is 1. The van der Waals surface area contributed by atoms with Gasteiger partial charge in [0.05, 0.1) is 24.4 Å². The molecule has 2 N–H and O–H groups in total. The number of fused-ring (bicyclic) bond motifs is 2. The fourth-order valence-corrected chi connectivity index (χ4v) is 3.50. The first-order valence-electron chi connectivity index (χ1n) is 7.02. The Morgan fingerprint density at radius 1 is 1.24 bits per heavy atom. The molecular formula is C15H18F3NO2. The molecule has 2 aliphatic rings. The number of rotatable bonds is 1. The third kappa shape index (κ3) is 2.80. The summed E-state index contributed by atoms with van der Waals surface area (Å²) < 4.78 is 43.6. The standard InChI is InChI=1S/C15H18F3NO2/c1-9-4-10(15(16,17)18)2-3-13(9)14(20)5-11-7-21-8-12(6-14)19-11/h2-4,11-12,19-20H,5-8H2,1H3. The Balaban J connectivity index is 1.92. The summed E-state index contributed by atoms with van der Waals surface area (Å²) in [6, 6.07) is 3.67. The quantitative estimate of drug-likeness (QED) is 0.836. The van der Waals surface area contributed by atoms with Gasteiger partial charge in [-0.15, -0.1) is 0 Å². The molecule has 116 valence electrons. The van der Waals surface area contributed by atoms with Crippen molar-refractivity contribution in [2.45, 2.75) is 43.6 Å². The SMILES string of the molecule is Cc1cc(C(F)(F)F)ccc1C1(O)CC2COCC(C1)N2. The van der Waals surface area contributed by atoms with Gasteiger partial charge < -0.3 is 15.2 Å². The Labute approximate surface area is 121 Å². The van der Waals surface area contributed by atoms with Crippen molar-refractivity contribution in [1.82, 2.24) is 5.32 Å². The third-order valence-corrected chi connectivity index (χ3v) is 4.33. The minimum Gasteiger partial charge on any atom is -0.385 e. The van der Waals surface area contributed by atoms with Crippen molar-refractivity contribution in [3.8, 4) is 0 Å². The highest BCUT2D eigenvalue weighted by Crippen LogP contribution is 2.40. The van der Waals surface area contributed by atoms with E-state index in [9.17, 15) is 18.3 Å². The second-order valence-corrected chi connectivity index (χ2v) is 6.07. The summed E-state index contributed by atoms with van der Waals surface area (Å²) in [7, 11) is 0. The molecule has 2 unspecified atom stereocenters. The topological polar surface area (TPSA) is 41.5 Å². The van der Waals surface area contributed by atoms with Crippen molar-refractivity contribution in [3.63, 3.8) is 0 Å². The van der Waals surface area contributed by atoms with Crippen LogP contribution in [0, 0.1) is 6.92 Å². The molecule has 0 aromatic heterocycles. The van der Waals surface area contributed by atoms with Gasteiger partial charge in [0, 0.05) is 12.1 Å². The molecule has 2 fully saturated rings. The predicted octanol–water partition coefficient (Wildman–Crippen LogP) is 2.35. The van der Waals surface area contributed by atoms with Crippen molar-refractivity contribution in [2.75, 3.05) is 13.2 Å². The van der Waals surface area contributed by atoms with Gasteiger partial charge in [0.1, 0.15) is 0 Å². The molecule has 2 bridgehead atoms.